The highest BCUT2D eigenvalue weighted by molar-refractivity contribution is 6.13. The van der Waals surface area contributed by atoms with Crippen LogP contribution < -0.4 is 0 Å². The zero-order valence-electron chi connectivity index (χ0n) is 8.17. The summed E-state index contributed by atoms with van der Waals surface area (Å²) in [6, 6.07) is 8.87. The van der Waals surface area contributed by atoms with Crippen LogP contribution in [0.3, 0.4) is 0 Å². The number of benzene rings is 1. The monoisotopic (exact) mass is 207 g/mol. The largest absolute Gasteiger partial charge is 0.482 e. The molecule has 1 aromatic rings. The molecule has 0 saturated heterocycles. The Morgan fingerprint density at radius 1 is 1.40 bits per heavy atom. The molecule has 0 aromatic heterocycles. The van der Waals surface area contributed by atoms with E-state index in [9.17, 15) is 4.79 Å². The van der Waals surface area contributed by atoms with Crippen LogP contribution in [0.1, 0.15) is 10.4 Å². The Hall–Kier alpha value is -1.59. The van der Waals surface area contributed by atoms with E-state index in [0.717, 1.165) is 0 Å². The summed E-state index contributed by atoms with van der Waals surface area (Å²) in [5.41, 5.74) is 0.569. The second-order valence-corrected chi connectivity index (χ2v) is 2.37. The summed E-state index contributed by atoms with van der Waals surface area (Å²) in [4.78, 5) is 11.1. The van der Waals surface area contributed by atoms with Crippen LogP contribution in [0.2, 0.25) is 0 Å². The van der Waals surface area contributed by atoms with Gasteiger partial charge in [-0.05, 0) is 12.1 Å². The van der Waals surface area contributed by atoms with E-state index >= 15 is 0 Å². The number of carbonyl (C=O) groups excluding carboxylic acids is 1. The molecule has 0 aliphatic heterocycles. The van der Waals surface area contributed by atoms with Gasteiger partial charge in [-0.1, -0.05) is 30.9 Å². The third-order valence-electron chi connectivity index (χ3n) is 1.34. The fourth-order valence-electron chi connectivity index (χ4n) is 0.792. The lowest BCUT2D eigenvalue weighted by Gasteiger charge is -1.99. The average molecular weight is 207 g/mol. The lowest BCUT2D eigenvalue weighted by Crippen LogP contribution is -2.04. The van der Waals surface area contributed by atoms with Gasteiger partial charge in [0.25, 0.3) is 0 Å². The van der Waals surface area contributed by atoms with Gasteiger partial charge in [-0.25, -0.2) is 4.79 Å². The van der Waals surface area contributed by atoms with Crippen molar-refractivity contribution in [1.29, 1.82) is 0 Å². The maximum atomic E-state index is 11.1. The number of carbonyl (C=O) groups is 1. The van der Waals surface area contributed by atoms with Crippen LogP contribution >= 0.6 is 0 Å². The Kier molecular flexibility index (Phi) is 8.04. The minimum Gasteiger partial charge on any atom is -0.458 e. The number of hydrogen-bond acceptors (Lipinski definition) is 4. The van der Waals surface area contributed by atoms with Gasteiger partial charge in [0.15, 0.2) is 0 Å². The third-order valence-corrected chi connectivity index (χ3v) is 1.34. The van der Waals surface area contributed by atoms with Crippen molar-refractivity contribution in [2.45, 2.75) is 0 Å². The zero-order chi connectivity index (χ0) is 11.5. The van der Waals surface area contributed by atoms with Crippen LogP contribution in [0.15, 0.2) is 43.0 Å². The van der Waals surface area contributed by atoms with Gasteiger partial charge < -0.3 is 14.8 Å². The molecule has 1 radical (unpaired) electrons. The molecule has 1 aromatic carbocycles. The number of rotatable bonds is 3. The summed E-state index contributed by atoms with van der Waals surface area (Å²) < 4.78 is 4.82. The highest BCUT2D eigenvalue weighted by Gasteiger charge is 2.02. The maximum absolute atomic E-state index is 11.1. The summed E-state index contributed by atoms with van der Waals surface area (Å²) >= 11 is 0. The molecule has 0 saturated carbocycles. The quantitative estimate of drug-likeness (QED) is 0.431. The Bertz CT molecular complexity index is 287. The van der Waals surface area contributed by atoms with Gasteiger partial charge in [0.05, 0.1) is 5.56 Å². The molecule has 0 aliphatic rings. The molecule has 0 aliphatic carbocycles. The van der Waals surface area contributed by atoms with Gasteiger partial charge in [0.1, 0.15) is 6.61 Å². The van der Waals surface area contributed by atoms with Crippen molar-refractivity contribution in [1.82, 2.24) is 0 Å². The van der Waals surface area contributed by atoms with Gasteiger partial charge in [0, 0.05) is 0 Å². The van der Waals surface area contributed by atoms with Gasteiger partial charge in [-0.15, -0.1) is 0 Å². The molecule has 0 amide bonds. The zero-order valence-corrected chi connectivity index (χ0v) is 8.17. The fraction of sp³-hybridized carbons (Fsp3) is 0.100. The molecule has 4 nitrogen and oxygen atoms in total. The molecular formula is C10H12BO4. The average Bonchev–Trinajstić information content (AvgIpc) is 2.28. The lowest BCUT2D eigenvalue weighted by molar-refractivity contribution is 0.0549. The molecule has 1 rings (SSSR count). The van der Waals surface area contributed by atoms with E-state index in [1.165, 1.54) is 0 Å². The smallest absolute Gasteiger partial charge is 0.458 e. The van der Waals surface area contributed by atoms with E-state index in [0.29, 0.717) is 5.56 Å². The van der Waals surface area contributed by atoms with Crippen molar-refractivity contribution in [3.05, 3.63) is 48.6 Å². The standard InChI is InChI=1S/C10H10O2.BH2O2/c1-2-8-12-10(11)9-6-4-3-5-7-9;2-1-3/h2-7H,1,8H2;2-3H. The Morgan fingerprint density at radius 2 is 1.93 bits per heavy atom. The Morgan fingerprint density at radius 3 is 2.40 bits per heavy atom. The first kappa shape index (κ1) is 13.4. The van der Waals surface area contributed by atoms with Crippen molar-refractivity contribution in [3.63, 3.8) is 0 Å². The number of hydrogen-bond donors (Lipinski definition) is 2. The molecular weight excluding hydrogens is 195 g/mol. The van der Waals surface area contributed by atoms with E-state index in [2.05, 4.69) is 6.58 Å². The summed E-state index contributed by atoms with van der Waals surface area (Å²) in [7, 11) is 0. The summed E-state index contributed by atoms with van der Waals surface area (Å²) in [5, 5.41) is 14.0. The van der Waals surface area contributed by atoms with Crippen LogP contribution in [0, 0.1) is 0 Å². The molecule has 15 heavy (non-hydrogen) atoms. The first-order valence-corrected chi connectivity index (χ1v) is 4.19. The van der Waals surface area contributed by atoms with E-state index in [4.69, 9.17) is 14.8 Å². The minimum absolute atomic E-state index is 0. The van der Waals surface area contributed by atoms with Crippen molar-refractivity contribution < 1.29 is 19.6 Å². The van der Waals surface area contributed by atoms with Crippen LogP contribution in [0.5, 0.6) is 0 Å². The van der Waals surface area contributed by atoms with E-state index in [1.54, 1.807) is 30.3 Å². The SMILES string of the molecule is C=CCOC(=O)c1ccccc1.O[B]O. The number of ether oxygens (including phenoxy) is 1. The number of esters is 1. The Labute approximate surface area is 89.1 Å². The second-order valence-electron chi connectivity index (χ2n) is 2.37. The molecule has 0 atom stereocenters. The first-order valence-electron chi connectivity index (χ1n) is 4.19. The summed E-state index contributed by atoms with van der Waals surface area (Å²) in [6.45, 7) is 3.71. The molecule has 0 fully saturated rings. The summed E-state index contributed by atoms with van der Waals surface area (Å²) in [6.07, 6.45) is 1.54. The van der Waals surface area contributed by atoms with E-state index in [-0.39, 0.29) is 20.3 Å². The lowest BCUT2D eigenvalue weighted by atomic mass is 10.2. The second kappa shape index (κ2) is 8.99. The van der Waals surface area contributed by atoms with Crippen LogP contribution in [0.25, 0.3) is 0 Å². The predicted octanol–water partition coefficient (Wildman–Crippen LogP) is 0.535. The minimum atomic E-state index is -0.310. The first-order chi connectivity index (χ1) is 7.26. The normalized spacial score (nSPS) is 8.13. The Balaban J connectivity index is 0.000000583. The topological polar surface area (TPSA) is 66.8 Å². The van der Waals surface area contributed by atoms with Gasteiger partial charge >= 0.3 is 13.7 Å². The van der Waals surface area contributed by atoms with Crippen molar-refractivity contribution >= 4 is 13.7 Å². The highest BCUT2D eigenvalue weighted by atomic mass is 16.5. The van der Waals surface area contributed by atoms with E-state index < -0.39 is 0 Å². The highest BCUT2D eigenvalue weighted by Crippen LogP contribution is 2.00. The molecule has 0 unspecified atom stereocenters. The molecule has 0 spiro atoms. The van der Waals surface area contributed by atoms with E-state index in [1.807, 2.05) is 6.07 Å². The van der Waals surface area contributed by atoms with Crippen molar-refractivity contribution in [3.8, 4) is 0 Å². The molecule has 5 heteroatoms. The van der Waals surface area contributed by atoms with Crippen molar-refractivity contribution in [2.24, 2.45) is 0 Å². The molecule has 2 N–H and O–H groups in total. The predicted molar refractivity (Wildman–Crippen MR) is 57.1 cm³/mol. The van der Waals surface area contributed by atoms with Crippen LogP contribution in [-0.2, 0) is 4.74 Å². The third kappa shape index (κ3) is 6.48. The van der Waals surface area contributed by atoms with Crippen LogP contribution in [0.4, 0.5) is 0 Å². The van der Waals surface area contributed by atoms with Gasteiger partial charge in [-0.2, -0.15) is 0 Å². The van der Waals surface area contributed by atoms with Crippen molar-refractivity contribution in [2.75, 3.05) is 6.61 Å². The molecule has 0 bridgehead atoms. The van der Waals surface area contributed by atoms with Crippen LogP contribution in [-0.4, -0.2) is 30.3 Å². The summed E-state index contributed by atoms with van der Waals surface area (Å²) in [5.74, 6) is -0.310. The maximum Gasteiger partial charge on any atom is 0.482 e. The molecule has 0 heterocycles. The van der Waals surface area contributed by atoms with Gasteiger partial charge in [-0.3, -0.25) is 0 Å². The molecule has 79 valence electrons. The van der Waals surface area contributed by atoms with Gasteiger partial charge in [0.2, 0.25) is 0 Å². The fourth-order valence-corrected chi connectivity index (χ4v) is 0.792.